The van der Waals surface area contributed by atoms with Gasteiger partial charge in [0.05, 0.1) is 34.0 Å². The zero-order valence-electron chi connectivity index (χ0n) is 19.5. The molecule has 2 aromatic heterocycles. The first-order valence-corrected chi connectivity index (χ1v) is 11.7. The Bertz CT molecular complexity index is 1560. The molecule has 0 aliphatic rings. The molecule has 5 rings (SSSR count). The summed E-state index contributed by atoms with van der Waals surface area (Å²) in [5, 5.41) is 15.5. The van der Waals surface area contributed by atoms with Crippen LogP contribution in [0.5, 0.6) is 5.75 Å². The van der Waals surface area contributed by atoms with Crippen LogP contribution in [-0.2, 0) is 13.2 Å². The van der Waals surface area contributed by atoms with Crippen molar-refractivity contribution in [2.45, 2.75) is 27.0 Å². The standard InChI is InChI=1S/C29H23ClN4O/c1-19-29(23-9-10-24(16-31)27(30)15-23)20(2)34(33-19)17-21-7-13-26(14-8-21)35-18-25-12-11-22-5-3-4-6-28(22)32-25/h3-15H,17-18H2,1-2H3. The smallest absolute Gasteiger partial charge is 0.130 e. The molecule has 0 saturated carbocycles. The van der Waals surface area contributed by atoms with Crippen LogP contribution in [0.15, 0.2) is 78.9 Å². The van der Waals surface area contributed by atoms with Gasteiger partial charge in [0.25, 0.3) is 0 Å². The zero-order chi connectivity index (χ0) is 24.4. The predicted molar refractivity (Wildman–Crippen MR) is 138 cm³/mol. The molecule has 0 radical (unpaired) electrons. The summed E-state index contributed by atoms with van der Waals surface area (Å²) in [4.78, 5) is 4.66. The highest BCUT2D eigenvalue weighted by atomic mass is 35.5. The highest BCUT2D eigenvalue weighted by Crippen LogP contribution is 2.31. The Kier molecular flexibility index (Phi) is 6.22. The van der Waals surface area contributed by atoms with E-state index in [4.69, 9.17) is 26.7 Å². The number of halogens is 1. The molecule has 5 nitrogen and oxygen atoms in total. The van der Waals surface area contributed by atoms with Gasteiger partial charge in [0.1, 0.15) is 18.4 Å². The molecule has 0 saturated heterocycles. The van der Waals surface area contributed by atoms with Crippen LogP contribution in [0, 0.1) is 25.2 Å². The molecule has 3 aromatic carbocycles. The maximum absolute atomic E-state index is 9.14. The fourth-order valence-corrected chi connectivity index (χ4v) is 4.46. The number of aromatic nitrogens is 3. The summed E-state index contributed by atoms with van der Waals surface area (Å²) < 4.78 is 7.95. The number of benzene rings is 3. The molecule has 0 aliphatic carbocycles. The van der Waals surface area contributed by atoms with Gasteiger partial charge in [-0.2, -0.15) is 10.4 Å². The largest absolute Gasteiger partial charge is 0.487 e. The van der Waals surface area contributed by atoms with Crippen molar-refractivity contribution in [1.82, 2.24) is 14.8 Å². The van der Waals surface area contributed by atoms with Crippen molar-refractivity contribution in [2.75, 3.05) is 0 Å². The van der Waals surface area contributed by atoms with Crippen LogP contribution < -0.4 is 4.74 Å². The molecule has 0 atom stereocenters. The number of fused-ring (bicyclic) bond motifs is 1. The third-order valence-electron chi connectivity index (χ3n) is 6.06. The van der Waals surface area contributed by atoms with E-state index in [0.717, 1.165) is 50.4 Å². The second-order valence-electron chi connectivity index (χ2n) is 8.44. The minimum atomic E-state index is 0.415. The zero-order valence-corrected chi connectivity index (χ0v) is 20.3. The third-order valence-corrected chi connectivity index (χ3v) is 6.37. The molecule has 0 amide bonds. The lowest BCUT2D eigenvalue weighted by Gasteiger charge is -2.09. The van der Waals surface area contributed by atoms with Crippen LogP contribution in [0.4, 0.5) is 0 Å². The molecule has 35 heavy (non-hydrogen) atoms. The number of hydrogen-bond acceptors (Lipinski definition) is 4. The van der Waals surface area contributed by atoms with Gasteiger partial charge in [0.2, 0.25) is 0 Å². The highest BCUT2D eigenvalue weighted by molar-refractivity contribution is 6.32. The Labute approximate surface area is 209 Å². The molecular weight excluding hydrogens is 456 g/mol. The fourth-order valence-electron chi connectivity index (χ4n) is 4.24. The molecular formula is C29H23ClN4O. The van der Waals surface area contributed by atoms with Gasteiger partial charge in [0, 0.05) is 16.6 Å². The van der Waals surface area contributed by atoms with Crippen LogP contribution in [0.1, 0.15) is 28.2 Å². The lowest BCUT2D eigenvalue weighted by molar-refractivity contribution is 0.301. The van der Waals surface area contributed by atoms with Crippen molar-refractivity contribution >= 4 is 22.5 Å². The lowest BCUT2D eigenvalue weighted by Crippen LogP contribution is -2.04. The molecule has 0 bridgehead atoms. The predicted octanol–water partition coefficient (Wildman–Crippen LogP) is 6.87. The van der Waals surface area contributed by atoms with E-state index in [9.17, 15) is 0 Å². The van der Waals surface area contributed by atoms with Crippen molar-refractivity contribution in [2.24, 2.45) is 0 Å². The number of nitriles is 1. The van der Waals surface area contributed by atoms with Gasteiger partial charge in [-0.3, -0.25) is 4.68 Å². The van der Waals surface area contributed by atoms with E-state index in [1.54, 1.807) is 6.07 Å². The minimum Gasteiger partial charge on any atom is -0.487 e. The summed E-state index contributed by atoms with van der Waals surface area (Å²) >= 11 is 6.26. The van der Waals surface area contributed by atoms with Crippen LogP contribution in [-0.4, -0.2) is 14.8 Å². The lowest BCUT2D eigenvalue weighted by atomic mass is 10.0. The summed E-state index contributed by atoms with van der Waals surface area (Å²) in [6, 6.07) is 27.8. The van der Waals surface area contributed by atoms with Crippen LogP contribution in [0.2, 0.25) is 5.02 Å². The summed E-state index contributed by atoms with van der Waals surface area (Å²) in [6.07, 6.45) is 0. The van der Waals surface area contributed by atoms with Gasteiger partial charge >= 0.3 is 0 Å². The van der Waals surface area contributed by atoms with Gasteiger partial charge in [-0.1, -0.05) is 54.1 Å². The van der Waals surface area contributed by atoms with E-state index >= 15 is 0 Å². The van der Waals surface area contributed by atoms with Gasteiger partial charge < -0.3 is 4.74 Å². The Morgan fingerprint density at radius 2 is 1.77 bits per heavy atom. The van der Waals surface area contributed by atoms with Crippen LogP contribution in [0.25, 0.3) is 22.0 Å². The fraction of sp³-hybridized carbons (Fsp3) is 0.138. The van der Waals surface area contributed by atoms with Crippen molar-refractivity contribution in [3.05, 3.63) is 112 Å². The number of nitrogens with zero attached hydrogens (tertiary/aromatic N) is 4. The van der Waals surface area contributed by atoms with Crippen LogP contribution in [0.3, 0.4) is 0 Å². The first-order chi connectivity index (χ1) is 17.0. The number of para-hydroxylation sites is 1. The summed E-state index contributed by atoms with van der Waals surface area (Å²) in [6.45, 7) is 5.10. The molecule has 172 valence electrons. The van der Waals surface area contributed by atoms with Gasteiger partial charge in [0.15, 0.2) is 0 Å². The molecule has 2 heterocycles. The van der Waals surface area contributed by atoms with Gasteiger partial charge in [-0.15, -0.1) is 0 Å². The average Bonchev–Trinajstić information content (AvgIpc) is 3.15. The minimum absolute atomic E-state index is 0.415. The Hall–Kier alpha value is -4.14. The van der Waals surface area contributed by atoms with E-state index < -0.39 is 0 Å². The molecule has 0 fully saturated rings. The molecule has 0 aliphatic heterocycles. The number of pyridine rings is 1. The summed E-state index contributed by atoms with van der Waals surface area (Å²) in [5.74, 6) is 0.796. The van der Waals surface area contributed by atoms with Gasteiger partial charge in [-0.05, 0) is 61.4 Å². The Balaban J connectivity index is 1.28. The first-order valence-electron chi connectivity index (χ1n) is 11.3. The first kappa shape index (κ1) is 22.6. The van der Waals surface area contributed by atoms with Crippen molar-refractivity contribution in [3.63, 3.8) is 0 Å². The Morgan fingerprint density at radius 1 is 0.971 bits per heavy atom. The van der Waals surface area contributed by atoms with E-state index in [-0.39, 0.29) is 0 Å². The summed E-state index contributed by atoms with van der Waals surface area (Å²) in [5.41, 5.74) is 7.42. The summed E-state index contributed by atoms with van der Waals surface area (Å²) in [7, 11) is 0. The third kappa shape index (κ3) is 4.75. The van der Waals surface area contributed by atoms with E-state index in [0.29, 0.717) is 23.7 Å². The number of rotatable bonds is 6. The number of ether oxygens (including phenoxy) is 1. The van der Waals surface area contributed by atoms with Crippen molar-refractivity contribution in [3.8, 4) is 22.9 Å². The topological polar surface area (TPSA) is 63.7 Å². The van der Waals surface area contributed by atoms with Crippen molar-refractivity contribution < 1.29 is 4.74 Å². The highest BCUT2D eigenvalue weighted by Gasteiger charge is 2.15. The van der Waals surface area contributed by atoms with Gasteiger partial charge in [-0.25, -0.2) is 4.98 Å². The quantitative estimate of drug-likeness (QED) is 0.267. The number of hydrogen-bond donors (Lipinski definition) is 0. The molecule has 5 aromatic rings. The van der Waals surface area contributed by atoms with E-state index in [1.165, 1.54) is 0 Å². The monoisotopic (exact) mass is 478 g/mol. The maximum atomic E-state index is 9.14. The SMILES string of the molecule is Cc1nn(Cc2ccc(OCc3ccc4ccccc4n3)cc2)c(C)c1-c1ccc(C#N)c(Cl)c1. The molecule has 0 spiro atoms. The van der Waals surface area contributed by atoms with E-state index in [2.05, 4.69) is 42.2 Å². The maximum Gasteiger partial charge on any atom is 0.130 e. The normalized spacial score (nSPS) is 10.9. The molecule has 6 heteroatoms. The Morgan fingerprint density at radius 3 is 2.54 bits per heavy atom. The molecule has 0 unspecified atom stereocenters. The molecule has 0 N–H and O–H groups in total. The number of aryl methyl sites for hydroxylation is 1. The van der Waals surface area contributed by atoms with Crippen LogP contribution >= 0.6 is 11.6 Å². The van der Waals surface area contributed by atoms with Crippen molar-refractivity contribution in [1.29, 1.82) is 5.26 Å². The average molecular weight is 479 g/mol. The van der Waals surface area contributed by atoms with E-state index in [1.807, 2.05) is 60.1 Å². The second kappa shape index (κ2) is 9.61. The second-order valence-corrected chi connectivity index (χ2v) is 8.85.